The number of ether oxygens (including phenoxy) is 1. The molecule has 2 aromatic carbocycles. The Morgan fingerprint density at radius 1 is 1.26 bits per heavy atom. The predicted octanol–water partition coefficient (Wildman–Crippen LogP) is 5.83. The van der Waals surface area contributed by atoms with Crippen LogP contribution in [0.2, 0.25) is 0 Å². The van der Waals surface area contributed by atoms with Crippen molar-refractivity contribution in [3.8, 4) is 28.8 Å². The van der Waals surface area contributed by atoms with Crippen LogP contribution in [0.15, 0.2) is 46.9 Å². The van der Waals surface area contributed by atoms with Crippen molar-refractivity contribution < 1.29 is 32.2 Å². The first-order valence-electron chi connectivity index (χ1n) is 10.1. The number of aromatic hydroxyl groups is 1. The van der Waals surface area contributed by atoms with Gasteiger partial charge in [0, 0.05) is 12.1 Å². The van der Waals surface area contributed by atoms with Gasteiger partial charge < -0.3 is 15.2 Å². The van der Waals surface area contributed by atoms with Crippen molar-refractivity contribution in [1.82, 2.24) is 10.3 Å². The minimum atomic E-state index is -4.61. The highest BCUT2D eigenvalue weighted by molar-refractivity contribution is 9.10. The number of methoxy groups -OCH3 is 1. The molecule has 0 aliphatic rings. The second kappa shape index (κ2) is 10.3. The topological polar surface area (TPSA) is 95.2 Å². The third kappa shape index (κ3) is 5.54. The normalized spacial score (nSPS) is 12.1. The third-order valence-corrected chi connectivity index (χ3v) is 6.02. The van der Waals surface area contributed by atoms with Crippen molar-refractivity contribution in [3.63, 3.8) is 0 Å². The van der Waals surface area contributed by atoms with Crippen molar-refractivity contribution in [2.24, 2.45) is 0 Å². The second-order valence-electron chi connectivity index (χ2n) is 7.48. The van der Waals surface area contributed by atoms with Crippen LogP contribution in [0.5, 0.6) is 11.5 Å². The number of hydrogen-bond donors (Lipinski definition) is 2. The summed E-state index contributed by atoms with van der Waals surface area (Å²) in [6.07, 6.45) is -4.61. The molecular formula is C24H18BrF4N3O3. The number of carbonyl (C=O) groups excluding carboxylic acids is 1. The summed E-state index contributed by atoms with van der Waals surface area (Å²) < 4.78 is 58.2. The number of nitrogens with zero attached hydrogens (tertiary/aromatic N) is 2. The van der Waals surface area contributed by atoms with Crippen LogP contribution in [-0.2, 0) is 6.54 Å². The van der Waals surface area contributed by atoms with Crippen LogP contribution in [0.1, 0.15) is 40.0 Å². The Morgan fingerprint density at radius 2 is 1.91 bits per heavy atom. The van der Waals surface area contributed by atoms with Gasteiger partial charge >= 0.3 is 6.18 Å². The zero-order chi connectivity index (χ0) is 25.9. The molecule has 1 unspecified atom stereocenters. The molecular weight excluding hydrogens is 534 g/mol. The SMILES string of the molecule is COc1ccc(F)cc1C(=O)NCc1ccc(-c2nc(C(C)C(F)(F)F)c(Br)c(O)c2C#N)cc1. The minimum Gasteiger partial charge on any atom is -0.505 e. The number of carbonyl (C=O) groups is 1. The van der Waals surface area contributed by atoms with E-state index in [0.717, 1.165) is 13.0 Å². The van der Waals surface area contributed by atoms with E-state index in [4.69, 9.17) is 4.74 Å². The molecule has 182 valence electrons. The molecule has 1 aromatic heterocycles. The number of hydrogen-bond acceptors (Lipinski definition) is 5. The number of nitrogens with one attached hydrogen (secondary N) is 1. The fourth-order valence-electron chi connectivity index (χ4n) is 3.24. The van der Waals surface area contributed by atoms with Crippen LogP contribution in [0.25, 0.3) is 11.3 Å². The van der Waals surface area contributed by atoms with Gasteiger partial charge in [-0.2, -0.15) is 18.4 Å². The fraction of sp³-hybridized carbons (Fsp3) is 0.208. The lowest BCUT2D eigenvalue weighted by molar-refractivity contribution is -0.147. The van der Waals surface area contributed by atoms with Gasteiger partial charge in [-0.05, 0) is 46.6 Å². The molecule has 3 rings (SSSR count). The van der Waals surface area contributed by atoms with Crippen LogP contribution in [-0.4, -0.2) is 29.3 Å². The molecule has 1 amide bonds. The van der Waals surface area contributed by atoms with E-state index in [1.54, 1.807) is 18.2 Å². The Hall–Kier alpha value is -3.65. The number of amides is 1. The average molecular weight is 552 g/mol. The first kappa shape index (κ1) is 26.0. The highest BCUT2D eigenvalue weighted by Crippen LogP contribution is 2.43. The largest absolute Gasteiger partial charge is 0.505 e. The van der Waals surface area contributed by atoms with Crippen LogP contribution in [0, 0.1) is 17.1 Å². The van der Waals surface area contributed by atoms with E-state index in [9.17, 15) is 32.7 Å². The Bertz CT molecular complexity index is 1310. The summed E-state index contributed by atoms with van der Waals surface area (Å²) in [6, 6.07) is 11.5. The molecule has 35 heavy (non-hydrogen) atoms. The van der Waals surface area contributed by atoms with Gasteiger partial charge in [0.05, 0.1) is 34.5 Å². The first-order valence-corrected chi connectivity index (χ1v) is 10.9. The van der Waals surface area contributed by atoms with E-state index in [1.165, 1.54) is 31.4 Å². The molecule has 0 aliphatic heterocycles. The van der Waals surface area contributed by atoms with Gasteiger partial charge in [0.1, 0.15) is 23.2 Å². The van der Waals surface area contributed by atoms with Gasteiger partial charge in [-0.15, -0.1) is 0 Å². The smallest absolute Gasteiger partial charge is 0.397 e. The van der Waals surface area contributed by atoms with Crippen molar-refractivity contribution in [2.45, 2.75) is 25.6 Å². The summed E-state index contributed by atoms with van der Waals surface area (Å²) in [5, 5.41) is 22.4. The van der Waals surface area contributed by atoms with Crippen LogP contribution < -0.4 is 10.1 Å². The molecule has 0 radical (unpaired) electrons. The lowest BCUT2D eigenvalue weighted by Gasteiger charge is -2.19. The number of aromatic nitrogens is 1. The summed E-state index contributed by atoms with van der Waals surface area (Å²) in [5.74, 6) is -3.60. The molecule has 2 N–H and O–H groups in total. The Morgan fingerprint density at radius 3 is 2.49 bits per heavy atom. The van der Waals surface area contributed by atoms with E-state index in [0.29, 0.717) is 11.1 Å². The molecule has 1 heterocycles. The van der Waals surface area contributed by atoms with Crippen molar-refractivity contribution in [1.29, 1.82) is 5.26 Å². The maximum Gasteiger partial charge on any atom is 0.397 e. The van der Waals surface area contributed by atoms with Crippen molar-refractivity contribution >= 4 is 21.8 Å². The summed E-state index contributed by atoms with van der Waals surface area (Å²) in [5.41, 5.74) is 0.0738. The monoisotopic (exact) mass is 551 g/mol. The summed E-state index contributed by atoms with van der Waals surface area (Å²) in [4.78, 5) is 16.5. The Balaban J connectivity index is 1.87. The van der Waals surface area contributed by atoms with Crippen LogP contribution in [0.4, 0.5) is 17.6 Å². The minimum absolute atomic E-state index is 0.0173. The van der Waals surface area contributed by atoms with Gasteiger partial charge in [-0.25, -0.2) is 9.37 Å². The Labute approximate surface area is 206 Å². The van der Waals surface area contributed by atoms with E-state index >= 15 is 0 Å². The summed E-state index contributed by atoms with van der Waals surface area (Å²) >= 11 is 2.92. The van der Waals surface area contributed by atoms with Crippen molar-refractivity contribution in [2.75, 3.05) is 7.11 Å². The number of alkyl halides is 3. The molecule has 0 saturated heterocycles. The zero-order valence-corrected chi connectivity index (χ0v) is 20.0. The highest BCUT2D eigenvalue weighted by Gasteiger charge is 2.40. The molecule has 3 aromatic rings. The molecule has 11 heteroatoms. The molecule has 0 aliphatic carbocycles. The molecule has 0 bridgehead atoms. The molecule has 0 saturated carbocycles. The van der Waals surface area contributed by atoms with E-state index in [-0.39, 0.29) is 33.6 Å². The first-order chi connectivity index (χ1) is 16.5. The zero-order valence-electron chi connectivity index (χ0n) is 18.4. The van der Waals surface area contributed by atoms with Crippen molar-refractivity contribution in [3.05, 3.63) is 75.1 Å². The maximum absolute atomic E-state index is 13.5. The van der Waals surface area contributed by atoms with E-state index in [1.807, 2.05) is 0 Å². The number of nitriles is 1. The standard InChI is InChI=1S/C24H18BrF4N3O3/c1-12(24(27,28)29)20-19(25)22(33)17(10-30)21(32-20)14-5-3-13(4-6-14)11-31-23(34)16-9-15(26)7-8-18(16)35-2/h3-9,12H,11H2,1-2H3,(H,31,34)(H,32,33). The van der Waals surface area contributed by atoms with Gasteiger partial charge in [-0.3, -0.25) is 4.79 Å². The lowest BCUT2D eigenvalue weighted by Crippen LogP contribution is -2.23. The van der Waals surface area contributed by atoms with Gasteiger partial charge in [-0.1, -0.05) is 24.3 Å². The molecule has 0 spiro atoms. The summed E-state index contributed by atoms with van der Waals surface area (Å²) in [6.45, 7) is 0.959. The van der Waals surface area contributed by atoms with E-state index < -0.39 is 35.3 Å². The number of pyridine rings is 1. The summed E-state index contributed by atoms with van der Waals surface area (Å²) in [7, 11) is 1.35. The Kier molecular flexibility index (Phi) is 7.65. The van der Waals surface area contributed by atoms with Crippen LogP contribution >= 0.6 is 15.9 Å². The molecule has 6 nitrogen and oxygen atoms in total. The number of rotatable bonds is 6. The second-order valence-corrected chi connectivity index (χ2v) is 8.28. The predicted molar refractivity (Wildman–Crippen MR) is 122 cm³/mol. The van der Waals surface area contributed by atoms with Gasteiger partial charge in [0.15, 0.2) is 5.75 Å². The van der Waals surface area contributed by atoms with Gasteiger partial charge in [0.25, 0.3) is 5.91 Å². The lowest BCUT2D eigenvalue weighted by atomic mass is 10.00. The van der Waals surface area contributed by atoms with E-state index in [2.05, 4.69) is 26.2 Å². The molecule has 0 fully saturated rings. The fourth-order valence-corrected chi connectivity index (χ4v) is 3.87. The third-order valence-electron chi connectivity index (χ3n) is 5.24. The number of halogens is 5. The van der Waals surface area contributed by atoms with Crippen LogP contribution in [0.3, 0.4) is 0 Å². The van der Waals surface area contributed by atoms with Gasteiger partial charge in [0.2, 0.25) is 0 Å². The molecule has 1 atom stereocenters. The highest BCUT2D eigenvalue weighted by atomic mass is 79.9. The quantitative estimate of drug-likeness (QED) is 0.376. The maximum atomic E-state index is 13.5. The number of benzene rings is 2. The average Bonchev–Trinajstić information content (AvgIpc) is 2.83.